The molecule has 8 heteroatoms. The lowest BCUT2D eigenvalue weighted by Gasteiger charge is -2.12. The number of hydrogen-bond donors (Lipinski definition) is 2. The van der Waals surface area contributed by atoms with Crippen LogP contribution < -0.4 is 20.1 Å². The Bertz CT molecular complexity index is 869. The molecule has 7 nitrogen and oxygen atoms in total. The number of carbonyl (C=O) groups excluding carboxylic acids is 3. The summed E-state index contributed by atoms with van der Waals surface area (Å²) in [7, 11) is 1.45. The minimum Gasteiger partial charge on any atom is -0.493 e. The van der Waals surface area contributed by atoms with Gasteiger partial charge < -0.3 is 20.1 Å². The van der Waals surface area contributed by atoms with E-state index < -0.39 is 0 Å². The molecule has 28 heavy (non-hydrogen) atoms. The number of rotatable bonds is 9. The Morgan fingerprint density at radius 1 is 1.00 bits per heavy atom. The standard InChI is InChI=1S/C20H21ClN2O5/c1-13(24)14-7-8-17(18(11-14)27-2)28-12-19(25)22-9-10-23-20(26)15-5-3-4-6-16(15)21/h3-8,11H,9-10,12H2,1-2H3,(H,22,25)(H,23,26). The number of carbonyl (C=O) groups is 3. The van der Waals surface area contributed by atoms with Crippen molar-refractivity contribution in [3.63, 3.8) is 0 Å². The van der Waals surface area contributed by atoms with Gasteiger partial charge in [-0.1, -0.05) is 23.7 Å². The highest BCUT2D eigenvalue weighted by Gasteiger charge is 2.11. The topological polar surface area (TPSA) is 93.7 Å². The fraction of sp³-hybridized carbons (Fsp3) is 0.250. The lowest BCUT2D eigenvalue weighted by atomic mass is 10.1. The molecule has 0 heterocycles. The van der Waals surface area contributed by atoms with Crippen molar-refractivity contribution >= 4 is 29.2 Å². The molecule has 0 aliphatic carbocycles. The van der Waals surface area contributed by atoms with Crippen molar-refractivity contribution < 1.29 is 23.9 Å². The first-order chi connectivity index (χ1) is 13.4. The van der Waals surface area contributed by atoms with Gasteiger partial charge >= 0.3 is 0 Å². The molecule has 0 unspecified atom stereocenters. The average Bonchev–Trinajstić information content (AvgIpc) is 2.69. The summed E-state index contributed by atoms with van der Waals surface area (Å²) in [5.74, 6) is -0.0420. The zero-order valence-corrected chi connectivity index (χ0v) is 16.3. The molecule has 148 valence electrons. The number of halogens is 1. The van der Waals surface area contributed by atoms with Crippen LogP contribution in [0.4, 0.5) is 0 Å². The Morgan fingerprint density at radius 2 is 1.71 bits per heavy atom. The predicted octanol–water partition coefficient (Wildman–Crippen LogP) is 2.48. The van der Waals surface area contributed by atoms with E-state index in [4.69, 9.17) is 21.1 Å². The first-order valence-corrected chi connectivity index (χ1v) is 8.91. The largest absolute Gasteiger partial charge is 0.493 e. The Morgan fingerprint density at radius 3 is 2.39 bits per heavy atom. The average molecular weight is 405 g/mol. The molecule has 2 amide bonds. The van der Waals surface area contributed by atoms with Crippen LogP contribution in [0.2, 0.25) is 5.02 Å². The third-order valence-electron chi connectivity index (χ3n) is 3.78. The predicted molar refractivity (Wildman–Crippen MR) is 105 cm³/mol. The lowest BCUT2D eigenvalue weighted by molar-refractivity contribution is -0.123. The molecule has 2 aromatic carbocycles. The molecule has 2 N–H and O–H groups in total. The van der Waals surface area contributed by atoms with E-state index in [1.807, 2.05) is 0 Å². The summed E-state index contributed by atoms with van der Waals surface area (Å²) in [4.78, 5) is 35.3. The quantitative estimate of drug-likeness (QED) is 0.494. The fourth-order valence-corrected chi connectivity index (χ4v) is 2.54. The molecule has 0 saturated heterocycles. The minimum atomic E-state index is -0.357. The summed E-state index contributed by atoms with van der Waals surface area (Å²) in [6.45, 7) is 1.70. The number of hydrogen-bond acceptors (Lipinski definition) is 5. The number of ether oxygens (including phenoxy) is 2. The zero-order chi connectivity index (χ0) is 20.5. The number of nitrogens with one attached hydrogen (secondary N) is 2. The Balaban J connectivity index is 1.75. The number of Topliss-reactive ketones (excluding diaryl/α,β-unsaturated/α-hetero) is 1. The van der Waals surface area contributed by atoms with Gasteiger partial charge in [0.25, 0.3) is 11.8 Å². The smallest absolute Gasteiger partial charge is 0.258 e. The van der Waals surface area contributed by atoms with Crippen LogP contribution in [0.1, 0.15) is 27.6 Å². The second-order valence-corrected chi connectivity index (χ2v) is 6.20. The van der Waals surface area contributed by atoms with Crippen molar-refractivity contribution in [2.75, 3.05) is 26.8 Å². The van der Waals surface area contributed by atoms with Crippen LogP contribution in [0.3, 0.4) is 0 Å². The normalized spacial score (nSPS) is 10.1. The summed E-state index contributed by atoms with van der Waals surface area (Å²) in [6, 6.07) is 11.4. The van der Waals surface area contributed by atoms with E-state index in [1.165, 1.54) is 14.0 Å². The van der Waals surface area contributed by atoms with Crippen molar-refractivity contribution in [3.8, 4) is 11.5 Å². The maximum absolute atomic E-state index is 12.0. The number of amides is 2. The van der Waals surface area contributed by atoms with Crippen LogP contribution >= 0.6 is 11.6 Å². The molecular formula is C20H21ClN2O5. The molecule has 2 rings (SSSR count). The summed E-state index contributed by atoms with van der Waals surface area (Å²) in [5.41, 5.74) is 0.864. The van der Waals surface area contributed by atoms with Crippen LogP contribution in [0.5, 0.6) is 11.5 Å². The molecule has 0 aliphatic rings. The number of benzene rings is 2. The summed E-state index contributed by atoms with van der Waals surface area (Å²) in [6.07, 6.45) is 0. The molecule has 0 saturated carbocycles. The lowest BCUT2D eigenvalue weighted by Crippen LogP contribution is -2.36. The first-order valence-electron chi connectivity index (χ1n) is 8.53. The SMILES string of the molecule is COc1cc(C(C)=O)ccc1OCC(=O)NCCNC(=O)c1ccccc1Cl. The van der Waals surface area contributed by atoms with Crippen molar-refractivity contribution in [1.82, 2.24) is 10.6 Å². The van der Waals surface area contributed by atoms with Gasteiger partial charge in [-0.2, -0.15) is 0 Å². The van der Waals surface area contributed by atoms with E-state index >= 15 is 0 Å². The molecule has 0 radical (unpaired) electrons. The van der Waals surface area contributed by atoms with Crippen LogP contribution in [0, 0.1) is 0 Å². The van der Waals surface area contributed by atoms with Gasteiger partial charge in [0, 0.05) is 18.7 Å². The van der Waals surface area contributed by atoms with Gasteiger partial charge in [-0.15, -0.1) is 0 Å². The van der Waals surface area contributed by atoms with Crippen LogP contribution in [0.25, 0.3) is 0 Å². The molecule has 0 bridgehead atoms. The van der Waals surface area contributed by atoms with Gasteiger partial charge in [-0.3, -0.25) is 14.4 Å². The Kier molecular flexibility index (Phi) is 7.83. The molecular weight excluding hydrogens is 384 g/mol. The summed E-state index contributed by atoms with van der Waals surface area (Å²) < 4.78 is 10.6. The molecule has 0 fully saturated rings. The van der Waals surface area contributed by atoms with Gasteiger partial charge in [-0.25, -0.2) is 0 Å². The second kappa shape index (κ2) is 10.3. The first kappa shape index (κ1) is 21.2. The fourth-order valence-electron chi connectivity index (χ4n) is 2.32. The highest BCUT2D eigenvalue weighted by Crippen LogP contribution is 2.28. The van der Waals surface area contributed by atoms with Crippen LogP contribution in [-0.4, -0.2) is 44.4 Å². The third-order valence-corrected chi connectivity index (χ3v) is 4.11. The Labute approximate surface area is 168 Å². The van der Waals surface area contributed by atoms with E-state index in [1.54, 1.807) is 42.5 Å². The van der Waals surface area contributed by atoms with E-state index in [0.29, 0.717) is 27.6 Å². The van der Waals surface area contributed by atoms with Gasteiger partial charge in [0.2, 0.25) is 0 Å². The highest BCUT2D eigenvalue weighted by molar-refractivity contribution is 6.33. The minimum absolute atomic E-state index is 0.0959. The van der Waals surface area contributed by atoms with E-state index in [9.17, 15) is 14.4 Å². The van der Waals surface area contributed by atoms with Gasteiger partial charge in [0.1, 0.15) is 0 Å². The summed E-state index contributed by atoms with van der Waals surface area (Å²) >= 11 is 5.96. The second-order valence-electron chi connectivity index (χ2n) is 5.80. The summed E-state index contributed by atoms with van der Waals surface area (Å²) in [5, 5.41) is 5.67. The molecule has 0 aliphatic heterocycles. The van der Waals surface area contributed by atoms with Crippen LogP contribution in [-0.2, 0) is 4.79 Å². The van der Waals surface area contributed by atoms with E-state index in [0.717, 1.165) is 0 Å². The van der Waals surface area contributed by atoms with Crippen LogP contribution in [0.15, 0.2) is 42.5 Å². The van der Waals surface area contributed by atoms with Gasteiger partial charge in [0.05, 0.1) is 17.7 Å². The maximum Gasteiger partial charge on any atom is 0.258 e. The number of methoxy groups -OCH3 is 1. The third kappa shape index (κ3) is 5.99. The van der Waals surface area contributed by atoms with Crippen molar-refractivity contribution in [1.29, 1.82) is 0 Å². The molecule has 0 spiro atoms. The van der Waals surface area contributed by atoms with E-state index in [2.05, 4.69) is 10.6 Å². The maximum atomic E-state index is 12.0. The highest BCUT2D eigenvalue weighted by atomic mass is 35.5. The Hall–Kier alpha value is -3.06. The van der Waals surface area contributed by atoms with Gasteiger partial charge in [-0.05, 0) is 37.3 Å². The van der Waals surface area contributed by atoms with Crippen molar-refractivity contribution in [2.45, 2.75) is 6.92 Å². The zero-order valence-electron chi connectivity index (χ0n) is 15.6. The molecule has 2 aromatic rings. The number of ketones is 1. The van der Waals surface area contributed by atoms with Crippen molar-refractivity contribution in [3.05, 3.63) is 58.6 Å². The van der Waals surface area contributed by atoms with E-state index in [-0.39, 0.29) is 37.3 Å². The van der Waals surface area contributed by atoms with Crippen molar-refractivity contribution in [2.24, 2.45) is 0 Å². The molecule has 0 atom stereocenters. The molecule has 0 aromatic heterocycles. The monoisotopic (exact) mass is 404 g/mol. The van der Waals surface area contributed by atoms with Gasteiger partial charge in [0.15, 0.2) is 23.9 Å².